The number of rotatable bonds is 3. The molecule has 0 saturated carbocycles. The smallest absolute Gasteiger partial charge is 0.255 e. The molecule has 3 N–H and O–H groups in total. The summed E-state index contributed by atoms with van der Waals surface area (Å²) in [4.78, 5) is 12.1. The van der Waals surface area contributed by atoms with Gasteiger partial charge in [0.1, 0.15) is 11.6 Å². The third-order valence-corrected chi connectivity index (χ3v) is 2.94. The van der Waals surface area contributed by atoms with E-state index in [0.717, 1.165) is 0 Å². The highest BCUT2D eigenvalue weighted by Crippen LogP contribution is 2.26. The average molecular weight is 295 g/mol. The van der Waals surface area contributed by atoms with Gasteiger partial charge in [-0.2, -0.15) is 0 Å². The second-order valence-corrected chi connectivity index (χ2v) is 4.45. The Balaban J connectivity index is 2.31. The van der Waals surface area contributed by atoms with Crippen molar-refractivity contribution in [1.29, 1.82) is 0 Å². The van der Waals surface area contributed by atoms with Crippen LogP contribution < -0.4 is 15.8 Å². The van der Waals surface area contributed by atoms with Crippen LogP contribution in [0.2, 0.25) is 5.02 Å². The monoisotopic (exact) mass is 294 g/mol. The summed E-state index contributed by atoms with van der Waals surface area (Å²) < 4.78 is 18.6. The van der Waals surface area contributed by atoms with Crippen LogP contribution in [0.3, 0.4) is 0 Å². The normalized spacial score (nSPS) is 10.2. The first-order chi connectivity index (χ1) is 9.51. The molecule has 2 aromatic carbocycles. The van der Waals surface area contributed by atoms with Crippen LogP contribution in [-0.2, 0) is 0 Å². The third-order valence-electron chi connectivity index (χ3n) is 2.63. The molecular formula is C14H12ClFN2O2. The van der Waals surface area contributed by atoms with E-state index >= 15 is 0 Å². The van der Waals surface area contributed by atoms with Gasteiger partial charge in [0.15, 0.2) is 0 Å². The van der Waals surface area contributed by atoms with Crippen LogP contribution in [0.1, 0.15) is 10.4 Å². The van der Waals surface area contributed by atoms with Crippen molar-refractivity contribution in [3.63, 3.8) is 0 Å². The summed E-state index contributed by atoms with van der Waals surface area (Å²) in [5.41, 5.74) is 6.22. The number of anilines is 2. The number of nitrogens with two attached hydrogens (primary N) is 1. The van der Waals surface area contributed by atoms with Crippen molar-refractivity contribution in [1.82, 2.24) is 0 Å². The first-order valence-electron chi connectivity index (χ1n) is 5.71. The van der Waals surface area contributed by atoms with Gasteiger partial charge in [0.2, 0.25) is 0 Å². The Kier molecular flexibility index (Phi) is 4.10. The number of carbonyl (C=O) groups excluding carboxylic acids is 1. The number of nitrogen functional groups attached to an aromatic ring is 1. The molecule has 2 rings (SSSR count). The molecule has 0 bridgehead atoms. The van der Waals surface area contributed by atoms with Gasteiger partial charge in [-0.3, -0.25) is 4.79 Å². The van der Waals surface area contributed by atoms with Crippen molar-refractivity contribution in [2.45, 2.75) is 0 Å². The molecule has 0 aliphatic heterocycles. The molecule has 104 valence electrons. The van der Waals surface area contributed by atoms with E-state index in [9.17, 15) is 9.18 Å². The molecule has 0 aliphatic carbocycles. The quantitative estimate of drug-likeness (QED) is 0.854. The van der Waals surface area contributed by atoms with E-state index in [2.05, 4.69) is 5.32 Å². The second kappa shape index (κ2) is 5.79. The minimum atomic E-state index is -0.610. The predicted octanol–water partition coefficient (Wildman–Crippen LogP) is 3.32. The third kappa shape index (κ3) is 3.00. The van der Waals surface area contributed by atoms with Gasteiger partial charge in [-0.05, 0) is 24.3 Å². The Hall–Kier alpha value is -2.27. The fourth-order valence-electron chi connectivity index (χ4n) is 1.67. The minimum Gasteiger partial charge on any atom is -0.497 e. The molecule has 0 radical (unpaired) electrons. The van der Waals surface area contributed by atoms with Crippen LogP contribution in [-0.4, -0.2) is 13.0 Å². The molecule has 0 saturated heterocycles. The number of para-hydroxylation sites is 1. The molecule has 0 spiro atoms. The van der Waals surface area contributed by atoms with E-state index in [1.807, 2.05) is 0 Å². The van der Waals surface area contributed by atoms with Crippen LogP contribution in [0.25, 0.3) is 0 Å². The van der Waals surface area contributed by atoms with Crippen molar-refractivity contribution in [3.05, 3.63) is 52.8 Å². The molecular weight excluding hydrogens is 283 g/mol. The standard InChI is InChI=1S/C14H12ClFN2O2/c1-20-10-6-8(5-9(17)7-10)14(19)18-13-11(15)3-2-4-12(13)16/h2-7H,17H2,1H3,(H,18,19). The van der Waals surface area contributed by atoms with Gasteiger partial charge in [-0.25, -0.2) is 4.39 Å². The number of nitrogens with one attached hydrogen (secondary N) is 1. The molecule has 2 aromatic rings. The van der Waals surface area contributed by atoms with Crippen LogP contribution in [0.5, 0.6) is 5.75 Å². The number of halogens is 2. The summed E-state index contributed by atoms with van der Waals surface area (Å²) in [5, 5.41) is 2.54. The zero-order valence-corrected chi connectivity index (χ0v) is 11.4. The molecule has 4 nitrogen and oxygen atoms in total. The lowest BCUT2D eigenvalue weighted by Crippen LogP contribution is -2.14. The molecule has 0 atom stereocenters. The van der Waals surface area contributed by atoms with Crippen molar-refractivity contribution < 1.29 is 13.9 Å². The second-order valence-electron chi connectivity index (χ2n) is 4.05. The topological polar surface area (TPSA) is 64.3 Å². The van der Waals surface area contributed by atoms with Gasteiger partial charge < -0.3 is 15.8 Å². The maximum absolute atomic E-state index is 13.6. The van der Waals surface area contributed by atoms with Gasteiger partial charge in [-0.1, -0.05) is 17.7 Å². The number of carbonyl (C=O) groups is 1. The van der Waals surface area contributed by atoms with Crippen LogP contribution in [0, 0.1) is 5.82 Å². The Labute approximate surface area is 120 Å². The van der Waals surface area contributed by atoms with Crippen LogP contribution in [0.4, 0.5) is 15.8 Å². The number of benzene rings is 2. The fraction of sp³-hybridized carbons (Fsp3) is 0.0714. The SMILES string of the molecule is COc1cc(N)cc(C(=O)Nc2c(F)cccc2Cl)c1. The van der Waals surface area contributed by atoms with Crippen molar-refractivity contribution in [2.24, 2.45) is 0 Å². The zero-order chi connectivity index (χ0) is 14.7. The molecule has 6 heteroatoms. The highest BCUT2D eigenvalue weighted by atomic mass is 35.5. The summed E-state index contributed by atoms with van der Waals surface area (Å²) in [6.07, 6.45) is 0. The van der Waals surface area contributed by atoms with Gasteiger partial charge in [0.05, 0.1) is 17.8 Å². The highest BCUT2D eigenvalue weighted by molar-refractivity contribution is 6.34. The van der Waals surface area contributed by atoms with Crippen molar-refractivity contribution >= 4 is 28.9 Å². The Morgan fingerprint density at radius 3 is 2.75 bits per heavy atom. The highest BCUT2D eigenvalue weighted by Gasteiger charge is 2.13. The molecule has 0 unspecified atom stereocenters. The number of amides is 1. The lowest BCUT2D eigenvalue weighted by atomic mass is 10.1. The summed E-state index contributed by atoms with van der Waals surface area (Å²) in [6.45, 7) is 0. The maximum Gasteiger partial charge on any atom is 0.255 e. The Morgan fingerprint density at radius 1 is 1.35 bits per heavy atom. The van der Waals surface area contributed by atoms with E-state index in [-0.39, 0.29) is 16.3 Å². The van der Waals surface area contributed by atoms with Gasteiger partial charge in [-0.15, -0.1) is 0 Å². The lowest BCUT2D eigenvalue weighted by molar-refractivity contribution is 0.102. The van der Waals surface area contributed by atoms with Crippen LogP contribution in [0.15, 0.2) is 36.4 Å². The molecule has 20 heavy (non-hydrogen) atoms. The number of hydrogen-bond acceptors (Lipinski definition) is 3. The van der Waals surface area contributed by atoms with Gasteiger partial charge >= 0.3 is 0 Å². The van der Waals surface area contributed by atoms with E-state index in [1.54, 1.807) is 6.07 Å². The van der Waals surface area contributed by atoms with E-state index < -0.39 is 11.7 Å². The first-order valence-corrected chi connectivity index (χ1v) is 6.09. The Morgan fingerprint density at radius 2 is 2.10 bits per heavy atom. The molecule has 0 fully saturated rings. The fourth-order valence-corrected chi connectivity index (χ4v) is 1.88. The summed E-state index contributed by atoms with van der Waals surface area (Å²) in [6, 6.07) is 8.69. The summed E-state index contributed by atoms with van der Waals surface area (Å²) in [7, 11) is 1.46. The number of hydrogen-bond donors (Lipinski definition) is 2. The number of methoxy groups -OCH3 is 1. The van der Waals surface area contributed by atoms with Crippen molar-refractivity contribution in [2.75, 3.05) is 18.2 Å². The largest absolute Gasteiger partial charge is 0.497 e. The van der Waals surface area contributed by atoms with Crippen molar-refractivity contribution in [3.8, 4) is 5.75 Å². The van der Waals surface area contributed by atoms with E-state index in [4.69, 9.17) is 22.1 Å². The zero-order valence-electron chi connectivity index (χ0n) is 10.6. The molecule has 1 amide bonds. The summed E-state index contributed by atoms with van der Waals surface area (Å²) >= 11 is 5.85. The number of ether oxygens (including phenoxy) is 1. The molecule has 0 aromatic heterocycles. The van der Waals surface area contributed by atoms with Gasteiger partial charge in [0, 0.05) is 17.3 Å². The van der Waals surface area contributed by atoms with Crippen LogP contribution >= 0.6 is 11.6 Å². The Bertz CT molecular complexity index is 641. The lowest BCUT2D eigenvalue weighted by Gasteiger charge is -2.10. The van der Waals surface area contributed by atoms with Gasteiger partial charge in [0.25, 0.3) is 5.91 Å². The van der Waals surface area contributed by atoms with E-state index in [1.165, 1.54) is 37.4 Å². The average Bonchev–Trinajstić information content (AvgIpc) is 2.42. The first kappa shape index (κ1) is 14.1. The maximum atomic E-state index is 13.6. The van der Waals surface area contributed by atoms with E-state index in [0.29, 0.717) is 11.4 Å². The molecule has 0 heterocycles. The molecule has 0 aliphatic rings. The minimum absolute atomic E-state index is 0.0689. The predicted molar refractivity (Wildman–Crippen MR) is 76.8 cm³/mol. The summed E-state index contributed by atoms with van der Waals surface area (Å²) in [5.74, 6) is -0.695.